The Balaban J connectivity index is 1.79. The monoisotopic (exact) mass is 344 g/mol. The summed E-state index contributed by atoms with van der Waals surface area (Å²) in [6.45, 7) is 2.25. The van der Waals surface area contributed by atoms with Gasteiger partial charge in [-0.1, -0.05) is 12.1 Å². The molecule has 0 atom stereocenters. The van der Waals surface area contributed by atoms with Gasteiger partial charge in [-0.3, -0.25) is 9.78 Å². The molecule has 134 valence electrons. The van der Waals surface area contributed by atoms with Gasteiger partial charge in [0.25, 0.3) is 5.91 Å². The van der Waals surface area contributed by atoms with E-state index in [4.69, 9.17) is 0 Å². The Kier molecular flexibility index (Phi) is 7.35. The number of pyridine rings is 1. The van der Waals surface area contributed by atoms with Crippen LogP contribution in [0.1, 0.15) is 22.5 Å². The van der Waals surface area contributed by atoms with Gasteiger partial charge < -0.3 is 15.5 Å². The minimum absolute atomic E-state index is 0.166. The molecular weight excluding hydrogens is 319 g/mol. The van der Waals surface area contributed by atoms with E-state index in [0.717, 1.165) is 30.6 Å². The van der Waals surface area contributed by atoms with Crippen LogP contribution in [0.4, 0.5) is 10.1 Å². The molecule has 6 heteroatoms. The van der Waals surface area contributed by atoms with Crippen molar-refractivity contribution in [1.29, 1.82) is 0 Å². The topological polar surface area (TPSA) is 57.3 Å². The van der Waals surface area contributed by atoms with Crippen molar-refractivity contribution >= 4 is 11.6 Å². The summed E-state index contributed by atoms with van der Waals surface area (Å²) in [5.74, 6) is -0.395. The number of carbonyl (C=O) groups is 1. The van der Waals surface area contributed by atoms with Crippen LogP contribution in [0.25, 0.3) is 0 Å². The van der Waals surface area contributed by atoms with Gasteiger partial charge in [-0.25, -0.2) is 4.39 Å². The largest absolute Gasteiger partial charge is 0.385 e. The van der Waals surface area contributed by atoms with Crippen molar-refractivity contribution in [3.05, 3.63) is 59.7 Å². The van der Waals surface area contributed by atoms with Crippen molar-refractivity contribution in [2.45, 2.75) is 12.8 Å². The van der Waals surface area contributed by atoms with E-state index in [1.165, 1.54) is 12.1 Å². The van der Waals surface area contributed by atoms with Gasteiger partial charge in [0.15, 0.2) is 0 Å². The van der Waals surface area contributed by atoms with Gasteiger partial charge in [-0.15, -0.1) is 0 Å². The third-order valence-electron chi connectivity index (χ3n) is 3.72. The second kappa shape index (κ2) is 9.74. The zero-order chi connectivity index (χ0) is 18.1. The number of nitrogens with zero attached hydrogens (tertiary/aromatic N) is 2. The van der Waals surface area contributed by atoms with E-state index in [2.05, 4.69) is 20.5 Å². The van der Waals surface area contributed by atoms with Gasteiger partial charge in [0, 0.05) is 25.0 Å². The van der Waals surface area contributed by atoms with Crippen molar-refractivity contribution in [3.63, 3.8) is 0 Å². The number of anilines is 1. The first kappa shape index (κ1) is 18.9. The second-order valence-electron chi connectivity index (χ2n) is 6.15. The fourth-order valence-electron chi connectivity index (χ4n) is 2.35. The van der Waals surface area contributed by atoms with E-state index in [-0.39, 0.29) is 11.7 Å². The lowest BCUT2D eigenvalue weighted by Gasteiger charge is -2.10. The minimum atomic E-state index is -0.230. The molecule has 5 nitrogen and oxygen atoms in total. The number of carbonyl (C=O) groups excluding carboxylic acids is 1. The Morgan fingerprint density at radius 3 is 2.64 bits per heavy atom. The number of aromatic nitrogens is 1. The minimum Gasteiger partial charge on any atom is -0.385 e. The van der Waals surface area contributed by atoms with Crippen LogP contribution in [0.15, 0.2) is 42.6 Å². The van der Waals surface area contributed by atoms with Crippen LogP contribution >= 0.6 is 0 Å². The van der Waals surface area contributed by atoms with Gasteiger partial charge in [0.1, 0.15) is 11.5 Å². The summed E-state index contributed by atoms with van der Waals surface area (Å²) in [6.07, 6.45) is 3.29. The van der Waals surface area contributed by atoms with E-state index >= 15 is 0 Å². The third kappa shape index (κ3) is 6.89. The van der Waals surface area contributed by atoms with Crippen LogP contribution in [0.3, 0.4) is 0 Å². The third-order valence-corrected chi connectivity index (χ3v) is 3.72. The van der Waals surface area contributed by atoms with Crippen molar-refractivity contribution < 1.29 is 9.18 Å². The summed E-state index contributed by atoms with van der Waals surface area (Å²) in [4.78, 5) is 18.3. The van der Waals surface area contributed by atoms with Crippen LogP contribution in [0, 0.1) is 5.82 Å². The van der Waals surface area contributed by atoms with Gasteiger partial charge in [0.2, 0.25) is 0 Å². The smallest absolute Gasteiger partial charge is 0.269 e. The Morgan fingerprint density at radius 2 is 1.92 bits per heavy atom. The SMILES string of the molecule is CN(C)CCCNC(=O)c1cc(NCCc2ccc(F)cc2)ccn1. The first-order chi connectivity index (χ1) is 12.0. The molecule has 25 heavy (non-hydrogen) atoms. The highest BCUT2D eigenvalue weighted by molar-refractivity contribution is 5.93. The molecule has 2 rings (SSSR count). The number of hydrogen-bond donors (Lipinski definition) is 2. The van der Waals surface area contributed by atoms with Gasteiger partial charge in [0.05, 0.1) is 0 Å². The molecule has 0 radical (unpaired) electrons. The molecule has 1 aromatic heterocycles. The molecule has 0 saturated carbocycles. The Morgan fingerprint density at radius 1 is 1.16 bits per heavy atom. The van der Waals surface area contributed by atoms with Gasteiger partial charge in [-0.05, 0) is 63.3 Å². The van der Waals surface area contributed by atoms with Crippen LogP contribution in [0.2, 0.25) is 0 Å². The second-order valence-corrected chi connectivity index (χ2v) is 6.15. The van der Waals surface area contributed by atoms with E-state index in [0.29, 0.717) is 18.8 Å². The molecule has 0 unspecified atom stereocenters. The molecule has 2 N–H and O–H groups in total. The molecule has 1 aromatic carbocycles. The number of benzene rings is 1. The highest BCUT2D eigenvalue weighted by Gasteiger charge is 2.07. The maximum Gasteiger partial charge on any atom is 0.269 e. The Bertz CT molecular complexity index is 673. The maximum atomic E-state index is 12.9. The predicted octanol–water partition coefficient (Wildman–Crippen LogP) is 2.56. The van der Waals surface area contributed by atoms with Gasteiger partial charge >= 0.3 is 0 Å². The summed E-state index contributed by atoms with van der Waals surface area (Å²) in [5.41, 5.74) is 2.30. The number of amides is 1. The Hall–Kier alpha value is -2.47. The summed E-state index contributed by atoms with van der Waals surface area (Å²) in [6, 6.07) is 10.0. The molecule has 0 saturated heterocycles. The number of hydrogen-bond acceptors (Lipinski definition) is 4. The van der Waals surface area contributed by atoms with Crippen molar-refractivity contribution in [3.8, 4) is 0 Å². The standard InChI is InChI=1S/C19H25FN4O/c1-24(2)13-3-10-23-19(25)18-14-17(9-12-22-18)21-11-8-15-4-6-16(20)7-5-15/h4-7,9,12,14H,3,8,10-11,13H2,1-2H3,(H,21,22)(H,23,25). The summed E-state index contributed by atoms with van der Waals surface area (Å²) in [7, 11) is 4.01. The molecule has 0 aliphatic heterocycles. The van der Waals surface area contributed by atoms with Crippen LogP contribution in [-0.4, -0.2) is 49.5 Å². The first-order valence-electron chi connectivity index (χ1n) is 8.42. The average molecular weight is 344 g/mol. The molecular formula is C19H25FN4O. The lowest BCUT2D eigenvalue weighted by atomic mass is 10.1. The molecule has 0 spiro atoms. The van der Waals surface area contributed by atoms with Crippen LogP contribution in [-0.2, 0) is 6.42 Å². The fraction of sp³-hybridized carbons (Fsp3) is 0.368. The number of halogens is 1. The van der Waals surface area contributed by atoms with Crippen LogP contribution in [0.5, 0.6) is 0 Å². The van der Waals surface area contributed by atoms with Crippen molar-refractivity contribution in [2.75, 3.05) is 39.0 Å². The zero-order valence-corrected chi connectivity index (χ0v) is 14.8. The van der Waals surface area contributed by atoms with E-state index < -0.39 is 0 Å². The maximum absolute atomic E-state index is 12.9. The molecule has 2 aromatic rings. The zero-order valence-electron chi connectivity index (χ0n) is 14.8. The van der Waals surface area contributed by atoms with Crippen LogP contribution < -0.4 is 10.6 Å². The van der Waals surface area contributed by atoms with Gasteiger partial charge in [-0.2, -0.15) is 0 Å². The summed E-state index contributed by atoms with van der Waals surface area (Å²) >= 11 is 0. The van der Waals surface area contributed by atoms with Crippen molar-refractivity contribution in [1.82, 2.24) is 15.2 Å². The summed E-state index contributed by atoms with van der Waals surface area (Å²) < 4.78 is 12.9. The normalized spacial score (nSPS) is 10.7. The predicted molar refractivity (Wildman–Crippen MR) is 98.3 cm³/mol. The lowest BCUT2D eigenvalue weighted by Crippen LogP contribution is -2.27. The van der Waals surface area contributed by atoms with Crippen molar-refractivity contribution in [2.24, 2.45) is 0 Å². The van der Waals surface area contributed by atoms with E-state index in [1.54, 1.807) is 24.4 Å². The fourth-order valence-corrected chi connectivity index (χ4v) is 2.35. The lowest BCUT2D eigenvalue weighted by molar-refractivity contribution is 0.0947. The molecule has 1 amide bonds. The molecule has 0 bridgehead atoms. The molecule has 0 fully saturated rings. The number of rotatable bonds is 9. The highest BCUT2D eigenvalue weighted by atomic mass is 19.1. The quantitative estimate of drug-likeness (QED) is 0.687. The number of nitrogens with one attached hydrogen (secondary N) is 2. The first-order valence-corrected chi connectivity index (χ1v) is 8.42. The van der Waals surface area contributed by atoms with E-state index in [1.807, 2.05) is 20.2 Å². The van der Waals surface area contributed by atoms with E-state index in [9.17, 15) is 9.18 Å². The average Bonchev–Trinajstić information content (AvgIpc) is 2.60. The molecule has 0 aliphatic rings. The summed E-state index contributed by atoms with van der Waals surface area (Å²) in [5, 5.41) is 6.14. The molecule has 0 aliphatic carbocycles. The highest BCUT2D eigenvalue weighted by Crippen LogP contribution is 2.09. The molecule has 1 heterocycles. The Labute approximate surface area is 148 Å².